The highest BCUT2D eigenvalue weighted by Crippen LogP contribution is 2.46. The van der Waals surface area contributed by atoms with Crippen LogP contribution in [-0.2, 0) is 4.74 Å². The Morgan fingerprint density at radius 3 is 2.57 bits per heavy atom. The largest absolute Gasteiger partial charge is 0.458 e. The number of aliphatic hydroxyl groups is 1. The first-order valence-electron chi connectivity index (χ1n) is 7.43. The van der Waals surface area contributed by atoms with Gasteiger partial charge in [-0.2, -0.15) is 0 Å². The molecule has 4 rings (SSSR count). The van der Waals surface area contributed by atoms with Crippen molar-refractivity contribution >= 4 is 11.6 Å². The van der Waals surface area contributed by atoms with E-state index in [1.54, 1.807) is 24.3 Å². The molecule has 1 fully saturated rings. The van der Waals surface area contributed by atoms with Gasteiger partial charge in [0.2, 0.25) is 11.6 Å². The average Bonchev–Trinajstić information content (AvgIpc) is 2.51. The van der Waals surface area contributed by atoms with Crippen LogP contribution in [-0.4, -0.2) is 22.5 Å². The van der Waals surface area contributed by atoms with E-state index in [9.17, 15) is 14.7 Å². The first kappa shape index (κ1) is 12.8. The van der Waals surface area contributed by atoms with Gasteiger partial charge in [0, 0.05) is 29.0 Å². The van der Waals surface area contributed by atoms with E-state index in [1.807, 2.05) is 0 Å². The van der Waals surface area contributed by atoms with E-state index >= 15 is 0 Å². The van der Waals surface area contributed by atoms with Crippen LogP contribution in [0, 0.1) is 5.92 Å². The number of carbonyl (C=O) groups excluding carboxylic acids is 2. The number of hydrogen-bond donors (Lipinski definition) is 1. The van der Waals surface area contributed by atoms with Crippen LogP contribution in [0.5, 0.6) is 0 Å². The van der Waals surface area contributed by atoms with Crippen LogP contribution in [0.25, 0.3) is 0 Å². The second-order valence-corrected chi connectivity index (χ2v) is 6.11. The van der Waals surface area contributed by atoms with Crippen molar-refractivity contribution in [2.45, 2.75) is 37.9 Å². The molecule has 2 atom stereocenters. The quantitative estimate of drug-likeness (QED) is 0.795. The van der Waals surface area contributed by atoms with Crippen molar-refractivity contribution in [3.8, 4) is 0 Å². The minimum Gasteiger partial charge on any atom is -0.458 e. The summed E-state index contributed by atoms with van der Waals surface area (Å²) >= 11 is 0. The maximum absolute atomic E-state index is 12.6. The Balaban J connectivity index is 1.83. The predicted octanol–water partition coefficient (Wildman–Crippen LogP) is 2.62. The lowest BCUT2D eigenvalue weighted by molar-refractivity contribution is -0.234. The summed E-state index contributed by atoms with van der Waals surface area (Å²) in [6.45, 7) is 0. The van der Waals surface area contributed by atoms with E-state index in [0.717, 1.165) is 19.3 Å². The molecule has 108 valence electrons. The molecule has 2 unspecified atom stereocenters. The van der Waals surface area contributed by atoms with E-state index in [4.69, 9.17) is 4.74 Å². The molecular weight excluding hydrogens is 268 g/mol. The number of Topliss-reactive ketones (excluding diaryl/α,β-unsaturated/α-hetero) is 2. The summed E-state index contributed by atoms with van der Waals surface area (Å²) in [7, 11) is 0. The van der Waals surface area contributed by atoms with Gasteiger partial charge in [0.15, 0.2) is 11.5 Å². The lowest BCUT2D eigenvalue weighted by Crippen LogP contribution is -2.48. The van der Waals surface area contributed by atoms with Crippen molar-refractivity contribution in [3.63, 3.8) is 0 Å². The first-order valence-corrected chi connectivity index (χ1v) is 7.43. The van der Waals surface area contributed by atoms with Crippen molar-refractivity contribution in [3.05, 3.63) is 46.7 Å². The normalized spacial score (nSPS) is 31.2. The number of benzene rings is 1. The molecule has 4 nitrogen and oxygen atoms in total. The lowest BCUT2D eigenvalue weighted by atomic mass is 9.74. The van der Waals surface area contributed by atoms with Crippen LogP contribution in [0.4, 0.5) is 0 Å². The molecule has 0 saturated heterocycles. The topological polar surface area (TPSA) is 63.6 Å². The minimum absolute atomic E-state index is 0.0688. The van der Waals surface area contributed by atoms with Gasteiger partial charge < -0.3 is 9.84 Å². The number of allylic oxidation sites excluding steroid dienone is 2. The minimum atomic E-state index is -1.28. The zero-order chi connectivity index (χ0) is 14.6. The summed E-state index contributed by atoms with van der Waals surface area (Å²) in [4.78, 5) is 25.2. The molecule has 0 amide bonds. The second-order valence-electron chi connectivity index (χ2n) is 6.11. The van der Waals surface area contributed by atoms with E-state index in [2.05, 4.69) is 0 Å². The Kier molecular flexibility index (Phi) is 2.60. The number of carbonyl (C=O) groups is 2. The van der Waals surface area contributed by atoms with Gasteiger partial charge in [-0.15, -0.1) is 0 Å². The van der Waals surface area contributed by atoms with E-state index in [0.29, 0.717) is 29.5 Å². The Bertz CT molecular complexity index is 688. The maximum atomic E-state index is 12.6. The second kappa shape index (κ2) is 4.28. The van der Waals surface area contributed by atoms with Crippen molar-refractivity contribution < 1.29 is 19.4 Å². The molecule has 2 aliphatic carbocycles. The van der Waals surface area contributed by atoms with Crippen molar-refractivity contribution in [2.75, 3.05) is 0 Å². The van der Waals surface area contributed by atoms with Crippen LogP contribution < -0.4 is 0 Å². The lowest BCUT2D eigenvalue weighted by Gasteiger charge is -2.44. The van der Waals surface area contributed by atoms with Crippen LogP contribution in [0.2, 0.25) is 0 Å². The van der Waals surface area contributed by atoms with Crippen LogP contribution in [0.15, 0.2) is 35.6 Å². The molecule has 1 aliphatic heterocycles. The van der Waals surface area contributed by atoms with Crippen molar-refractivity contribution in [2.24, 2.45) is 5.92 Å². The fourth-order valence-electron chi connectivity index (χ4n) is 3.72. The van der Waals surface area contributed by atoms with Gasteiger partial charge in [-0.3, -0.25) is 9.59 Å². The molecule has 1 aromatic rings. The molecule has 0 radical (unpaired) electrons. The summed E-state index contributed by atoms with van der Waals surface area (Å²) in [5, 5.41) is 10.7. The molecule has 0 spiro atoms. The summed E-state index contributed by atoms with van der Waals surface area (Å²) < 4.78 is 5.69. The van der Waals surface area contributed by atoms with Gasteiger partial charge in [-0.25, -0.2) is 0 Å². The highest BCUT2D eigenvalue weighted by Gasteiger charge is 2.49. The van der Waals surface area contributed by atoms with Crippen LogP contribution >= 0.6 is 0 Å². The molecule has 21 heavy (non-hydrogen) atoms. The predicted molar refractivity (Wildman–Crippen MR) is 74.7 cm³/mol. The van der Waals surface area contributed by atoms with Crippen molar-refractivity contribution in [1.82, 2.24) is 0 Å². The van der Waals surface area contributed by atoms with Gasteiger partial charge in [0.25, 0.3) is 0 Å². The standard InChI is InChI=1S/C17H16O4/c18-14-11-6-1-2-7-12(11)15(19)16-13(14)9-10-5-3-4-8-17(10,20)21-16/h1-2,6-7,10,20H,3-5,8-9H2. The number of ketones is 2. The van der Waals surface area contributed by atoms with Gasteiger partial charge in [-0.1, -0.05) is 30.7 Å². The number of rotatable bonds is 0. The fourth-order valence-corrected chi connectivity index (χ4v) is 3.72. The molecule has 0 bridgehead atoms. The molecule has 1 aromatic carbocycles. The van der Waals surface area contributed by atoms with E-state index in [-0.39, 0.29) is 23.2 Å². The molecule has 1 saturated carbocycles. The average molecular weight is 284 g/mol. The fraction of sp³-hybridized carbons (Fsp3) is 0.412. The summed E-state index contributed by atoms with van der Waals surface area (Å²) in [6, 6.07) is 6.81. The number of hydrogen-bond acceptors (Lipinski definition) is 4. The maximum Gasteiger partial charge on any atom is 0.228 e. The molecule has 0 aromatic heterocycles. The third kappa shape index (κ3) is 1.72. The molecule has 4 heteroatoms. The zero-order valence-electron chi connectivity index (χ0n) is 11.6. The van der Waals surface area contributed by atoms with Gasteiger partial charge >= 0.3 is 0 Å². The zero-order valence-corrected chi connectivity index (χ0v) is 11.6. The monoisotopic (exact) mass is 284 g/mol. The van der Waals surface area contributed by atoms with Crippen LogP contribution in [0.3, 0.4) is 0 Å². The Labute approximate surface area is 122 Å². The molecular formula is C17H16O4. The highest BCUT2D eigenvalue weighted by atomic mass is 16.6. The smallest absolute Gasteiger partial charge is 0.228 e. The highest BCUT2D eigenvalue weighted by molar-refractivity contribution is 6.26. The Morgan fingerprint density at radius 2 is 1.81 bits per heavy atom. The van der Waals surface area contributed by atoms with E-state index in [1.165, 1.54) is 0 Å². The third-order valence-corrected chi connectivity index (χ3v) is 4.88. The molecule has 3 aliphatic rings. The summed E-state index contributed by atoms with van der Waals surface area (Å²) in [5.74, 6) is -1.71. The summed E-state index contributed by atoms with van der Waals surface area (Å²) in [6.07, 6.45) is 3.70. The molecule has 1 heterocycles. The number of ether oxygens (including phenoxy) is 1. The SMILES string of the molecule is O=C1C2=C(OC3(O)CCCCC3C2)C(=O)c2ccccc21. The van der Waals surface area contributed by atoms with Gasteiger partial charge in [0.1, 0.15) is 0 Å². The number of fused-ring (bicyclic) bond motifs is 2. The van der Waals surface area contributed by atoms with E-state index < -0.39 is 5.79 Å². The van der Waals surface area contributed by atoms with Gasteiger partial charge in [0.05, 0.1) is 0 Å². The van der Waals surface area contributed by atoms with Crippen LogP contribution in [0.1, 0.15) is 52.8 Å². The third-order valence-electron chi connectivity index (χ3n) is 4.88. The van der Waals surface area contributed by atoms with Crippen molar-refractivity contribution in [1.29, 1.82) is 0 Å². The molecule has 1 N–H and O–H groups in total. The summed E-state index contributed by atoms with van der Waals surface area (Å²) in [5.41, 5.74) is 1.26. The Morgan fingerprint density at radius 1 is 1.10 bits per heavy atom. The Hall–Kier alpha value is -1.94. The van der Waals surface area contributed by atoms with Gasteiger partial charge in [-0.05, 0) is 19.3 Å². The first-order chi connectivity index (χ1) is 10.1.